The summed E-state index contributed by atoms with van der Waals surface area (Å²) < 4.78 is 11.1. The molecule has 0 atom stereocenters. The molecule has 2 aromatic rings. The van der Waals surface area contributed by atoms with Crippen molar-refractivity contribution in [3.05, 3.63) is 53.7 Å². The summed E-state index contributed by atoms with van der Waals surface area (Å²) in [7, 11) is 0. The highest BCUT2D eigenvalue weighted by atomic mass is 16.6. The van der Waals surface area contributed by atoms with Crippen LogP contribution in [0, 0.1) is 11.3 Å². The van der Waals surface area contributed by atoms with E-state index in [-0.39, 0.29) is 5.70 Å². The van der Waals surface area contributed by atoms with E-state index in [1.165, 1.54) is 0 Å². The molecule has 5 N–H and O–H groups in total. The molecule has 0 unspecified atom stereocenters. The Hall–Kier alpha value is -3.17. The zero-order chi connectivity index (χ0) is 16.2. The average molecular weight is 308 g/mol. The Morgan fingerprint density at radius 1 is 1.04 bits per heavy atom. The van der Waals surface area contributed by atoms with Crippen molar-refractivity contribution in [1.82, 2.24) is 5.43 Å². The summed E-state index contributed by atoms with van der Waals surface area (Å²) in [6.07, 6.45) is 0. The highest BCUT2D eigenvalue weighted by molar-refractivity contribution is 5.75. The number of benzene rings is 2. The molecule has 0 fully saturated rings. The van der Waals surface area contributed by atoms with Gasteiger partial charge in [0.15, 0.2) is 17.2 Å². The van der Waals surface area contributed by atoms with Crippen molar-refractivity contribution >= 4 is 5.70 Å². The Labute approximate surface area is 133 Å². The number of ether oxygens (including phenoxy) is 2. The van der Waals surface area contributed by atoms with Gasteiger partial charge in [-0.15, -0.1) is 0 Å². The van der Waals surface area contributed by atoms with E-state index in [1.54, 1.807) is 0 Å². The summed E-state index contributed by atoms with van der Waals surface area (Å²) in [5, 5.41) is 9.02. The number of fused-ring (bicyclic) bond motifs is 1. The standard InChI is InChI=1S/C17H16N4O2/c18-10-14(21-20)17(19)13-3-1-2-11(8-13)12-4-5-15-16(9-12)23-7-6-22-15/h1-5,8-9,21H,6-7,19-20H2/b17-14-. The van der Waals surface area contributed by atoms with Crippen molar-refractivity contribution in [3.63, 3.8) is 0 Å². The summed E-state index contributed by atoms with van der Waals surface area (Å²) in [5.41, 5.74) is 11.4. The summed E-state index contributed by atoms with van der Waals surface area (Å²) in [6, 6.07) is 15.3. The van der Waals surface area contributed by atoms with Gasteiger partial charge in [-0.05, 0) is 29.3 Å². The lowest BCUT2D eigenvalue weighted by Gasteiger charge is -2.19. The van der Waals surface area contributed by atoms with Crippen LogP contribution >= 0.6 is 0 Å². The molecule has 23 heavy (non-hydrogen) atoms. The molecule has 0 saturated carbocycles. The number of hydrogen-bond donors (Lipinski definition) is 3. The number of nitrogens with zero attached hydrogens (tertiary/aromatic N) is 1. The Morgan fingerprint density at radius 3 is 2.52 bits per heavy atom. The van der Waals surface area contributed by atoms with E-state index in [1.807, 2.05) is 48.5 Å². The number of nitrogens with two attached hydrogens (primary N) is 2. The van der Waals surface area contributed by atoms with Gasteiger partial charge in [0.25, 0.3) is 0 Å². The van der Waals surface area contributed by atoms with Crippen LogP contribution in [0.25, 0.3) is 16.8 Å². The highest BCUT2D eigenvalue weighted by Crippen LogP contribution is 2.35. The lowest BCUT2D eigenvalue weighted by atomic mass is 10.0. The Balaban J connectivity index is 2.01. The molecule has 0 bridgehead atoms. The van der Waals surface area contributed by atoms with E-state index in [0.717, 1.165) is 22.6 Å². The van der Waals surface area contributed by atoms with Crippen LogP contribution in [-0.2, 0) is 0 Å². The van der Waals surface area contributed by atoms with Crippen molar-refractivity contribution in [1.29, 1.82) is 5.26 Å². The molecule has 0 amide bonds. The van der Waals surface area contributed by atoms with Gasteiger partial charge in [0, 0.05) is 5.56 Å². The molecule has 2 aromatic carbocycles. The van der Waals surface area contributed by atoms with Crippen LogP contribution in [-0.4, -0.2) is 13.2 Å². The first-order valence-electron chi connectivity index (χ1n) is 7.10. The fourth-order valence-electron chi connectivity index (χ4n) is 2.40. The van der Waals surface area contributed by atoms with Gasteiger partial charge in [0.05, 0.1) is 5.70 Å². The number of hydrazine groups is 1. The maximum absolute atomic E-state index is 9.02. The monoisotopic (exact) mass is 308 g/mol. The molecule has 116 valence electrons. The molecule has 6 heteroatoms. The van der Waals surface area contributed by atoms with E-state index in [4.69, 9.17) is 26.3 Å². The third-order valence-corrected chi connectivity index (χ3v) is 3.57. The molecule has 0 spiro atoms. The molecule has 0 aliphatic carbocycles. The summed E-state index contributed by atoms with van der Waals surface area (Å²) in [6.45, 7) is 1.10. The molecule has 0 saturated heterocycles. The molecular formula is C17H16N4O2. The van der Waals surface area contributed by atoms with Crippen LogP contribution < -0.4 is 26.5 Å². The van der Waals surface area contributed by atoms with Gasteiger partial charge < -0.3 is 20.6 Å². The lowest BCUT2D eigenvalue weighted by Crippen LogP contribution is -2.23. The number of allylic oxidation sites excluding steroid dienone is 1. The number of nitrogens with one attached hydrogen (secondary N) is 1. The largest absolute Gasteiger partial charge is 0.486 e. The zero-order valence-electron chi connectivity index (χ0n) is 12.4. The molecule has 6 nitrogen and oxygen atoms in total. The average Bonchev–Trinajstić information content (AvgIpc) is 2.62. The van der Waals surface area contributed by atoms with Gasteiger partial charge in [-0.1, -0.05) is 24.3 Å². The normalized spacial score (nSPS) is 13.7. The van der Waals surface area contributed by atoms with Crippen LogP contribution in [0.5, 0.6) is 11.5 Å². The van der Waals surface area contributed by atoms with E-state index in [2.05, 4.69) is 5.43 Å². The maximum Gasteiger partial charge on any atom is 0.161 e. The van der Waals surface area contributed by atoms with E-state index in [9.17, 15) is 0 Å². The first-order chi connectivity index (χ1) is 11.2. The highest BCUT2D eigenvalue weighted by Gasteiger charge is 2.13. The van der Waals surface area contributed by atoms with Crippen molar-refractivity contribution < 1.29 is 9.47 Å². The predicted octanol–water partition coefficient (Wildman–Crippen LogP) is 1.74. The zero-order valence-corrected chi connectivity index (χ0v) is 12.4. The SMILES string of the molecule is N#C/C(NN)=C(/N)c1cccc(-c2ccc3c(c2)OCCO3)c1. The number of hydrogen-bond acceptors (Lipinski definition) is 6. The van der Waals surface area contributed by atoms with Gasteiger partial charge in [-0.3, -0.25) is 0 Å². The molecule has 0 aromatic heterocycles. The van der Waals surface area contributed by atoms with Gasteiger partial charge in [0.1, 0.15) is 19.3 Å². The van der Waals surface area contributed by atoms with Gasteiger partial charge >= 0.3 is 0 Å². The summed E-state index contributed by atoms with van der Waals surface area (Å²) in [4.78, 5) is 0. The lowest BCUT2D eigenvalue weighted by molar-refractivity contribution is 0.171. The van der Waals surface area contributed by atoms with Crippen LogP contribution in [0.1, 0.15) is 5.56 Å². The second-order valence-electron chi connectivity index (χ2n) is 4.98. The van der Waals surface area contributed by atoms with Gasteiger partial charge in [-0.2, -0.15) is 5.26 Å². The molecule has 1 aliphatic rings. The quantitative estimate of drug-likeness (QED) is 0.453. The van der Waals surface area contributed by atoms with E-state index >= 15 is 0 Å². The van der Waals surface area contributed by atoms with Crippen molar-refractivity contribution in [2.75, 3.05) is 13.2 Å². The minimum absolute atomic E-state index is 0.129. The molecule has 3 rings (SSSR count). The minimum Gasteiger partial charge on any atom is -0.486 e. The Kier molecular flexibility index (Phi) is 4.04. The number of nitriles is 1. The smallest absolute Gasteiger partial charge is 0.161 e. The van der Waals surface area contributed by atoms with Crippen molar-refractivity contribution in [3.8, 4) is 28.7 Å². The maximum atomic E-state index is 9.02. The van der Waals surface area contributed by atoms with E-state index in [0.29, 0.717) is 24.5 Å². The van der Waals surface area contributed by atoms with Crippen LogP contribution in [0.15, 0.2) is 48.2 Å². The predicted molar refractivity (Wildman–Crippen MR) is 86.9 cm³/mol. The van der Waals surface area contributed by atoms with Gasteiger partial charge in [0.2, 0.25) is 0 Å². The minimum atomic E-state index is 0.129. The van der Waals surface area contributed by atoms with Crippen molar-refractivity contribution in [2.24, 2.45) is 11.6 Å². The second-order valence-corrected chi connectivity index (χ2v) is 4.98. The topological polar surface area (TPSA) is 106 Å². The van der Waals surface area contributed by atoms with Crippen LogP contribution in [0.4, 0.5) is 0 Å². The third kappa shape index (κ3) is 2.91. The summed E-state index contributed by atoms with van der Waals surface area (Å²) in [5.74, 6) is 6.78. The van der Waals surface area contributed by atoms with E-state index < -0.39 is 0 Å². The molecular weight excluding hydrogens is 292 g/mol. The second kappa shape index (κ2) is 6.30. The van der Waals surface area contributed by atoms with Gasteiger partial charge in [-0.25, -0.2) is 5.84 Å². The molecule has 1 heterocycles. The Morgan fingerprint density at radius 2 is 1.78 bits per heavy atom. The Bertz CT molecular complexity index is 808. The van der Waals surface area contributed by atoms with Crippen molar-refractivity contribution in [2.45, 2.75) is 0 Å². The first-order valence-corrected chi connectivity index (χ1v) is 7.10. The first kappa shape index (κ1) is 14.8. The molecule has 1 aliphatic heterocycles. The van der Waals surface area contributed by atoms with Crippen LogP contribution in [0.2, 0.25) is 0 Å². The third-order valence-electron chi connectivity index (χ3n) is 3.57. The fourth-order valence-corrected chi connectivity index (χ4v) is 2.40. The fraction of sp³-hybridized carbons (Fsp3) is 0.118. The summed E-state index contributed by atoms with van der Waals surface area (Å²) >= 11 is 0. The number of rotatable bonds is 3. The van der Waals surface area contributed by atoms with Crippen LogP contribution in [0.3, 0.4) is 0 Å². The molecule has 0 radical (unpaired) electrons.